The smallest absolute Gasteiger partial charge is 0.234 e. The van der Waals surface area contributed by atoms with Gasteiger partial charge in [-0.3, -0.25) is 0 Å². The first-order valence-electron chi connectivity index (χ1n) is 4.42. The van der Waals surface area contributed by atoms with Crippen LogP contribution in [0.4, 0.5) is 0 Å². The van der Waals surface area contributed by atoms with Crippen molar-refractivity contribution >= 4 is 16.3 Å². The van der Waals surface area contributed by atoms with Crippen LogP contribution in [0.2, 0.25) is 0 Å². The molecule has 0 atom stereocenters. The summed E-state index contributed by atoms with van der Waals surface area (Å²) in [6.45, 7) is 5.86. The van der Waals surface area contributed by atoms with Gasteiger partial charge < -0.3 is 5.73 Å². The standard InChI is InChI=1S/C8H13N5S/c1-5-10-11-7-13(5)12-6(14-7)4-8(2,3)9/h4,9H2,1-3H3. The first-order valence-corrected chi connectivity index (χ1v) is 5.24. The van der Waals surface area contributed by atoms with Gasteiger partial charge in [-0.2, -0.15) is 9.61 Å². The molecule has 2 rings (SSSR count). The molecule has 0 aliphatic rings. The van der Waals surface area contributed by atoms with E-state index in [9.17, 15) is 0 Å². The van der Waals surface area contributed by atoms with Gasteiger partial charge >= 0.3 is 0 Å². The lowest BCUT2D eigenvalue weighted by molar-refractivity contribution is 0.512. The predicted molar refractivity (Wildman–Crippen MR) is 55.4 cm³/mol. The Balaban J connectivity index is 2.36. The summed E-state index contributed by atoms with van der Waals surface area (Å²) in [5.41, 5.74) is 5.69. The number of hydrogen-bond donors (Lipinski definition) is 1. The predicted octanol–water partition coefficient (Wildman–Crippen LogP) is 0.774. The van der Waals surface area contributed by atoms with Crippen molar-refractivity contribution in [2.45, 2.75) is 32.7 Å². The number of fused-ring (bicyclic) bond motifs is 1. The summed E-state index contributed by atoms with van der Waals surface area (Å²) in [6, 6.07) is 0. The van der Waals surface area contributed by atoms with Crippen molar-refractivity contribution in [2.24, 2.45) is 5.73 Å². The van der Waals surface area contributed by atoms with Crippen LogP contribution < -0.4 is 5.73 Å². The molecule has 76 valence electrons. The second-order valence-corrected chi connectivity index (χ2v) is 5.14. The Bertz CT molecular complexity index is 450. The molecule has 0 aliphatic carbocycles. The summed E-state index contributed by atoms with van der Waals surface area (Å²) >= 11 is 1.54. The zero-order valence-electron chi connectivity index (χ0n) is 8.48. The molecule has 0 fully saturated rings. The van der Waals surface area contributed by atoms with Gasteiger partial charge in [-0.05, 0) is 20.8 Å². The molecule has 0 bridgehead atoms. The van der Waals surface area contributed by atoms with E-state index in [1.54, 1.807) is 15.9 Å². The molecule has 0 saturated carbocycles. The van der Waals surface area contributed by atoms with E-state index in [0.717, 1.165) is 22.2 Å². The lowest BCUT2D eigenvalue weighted by Crippen LogP contribution is -2.34. The van der Waals surface area contributed by atoms with Gasteiger partial charge in [0.25, 0.3) is 0 Å². The number of nitrogens with zero attached hydrogens (tertiary/aromatic N) is 4. The fraction of sp³-hybridized carbons (Fsp3) is 0.625. The largest absolute Gasteiger partial charge is 0.325 e. The maximum absolute atomic E-state index is 5.92. The molecule has 0 spiro atoms. The minimum absolute atomic E-state index is 0.225. The van der Waals surface area contributed by atoms with E-state index in [2.05, 4.69) is 15.3 Å². The zero-order valence-corrected chi connectivity index (χ0v) is 9.30. The number of rotatable bonds is 2. The molecule has 0 saturated heterocycles. The minimum atomic E-state index is -0.225. The van der Waals surface area contributed by atoms with Crippen molar-refractivity contribution in [3.05, 3.63) is 10.8 Å². The molecule has 0 radical (unpaired) electrons. The van der Waals surface area contributed by atoms with E-state index in [4.69, 9.17) is 5.73 Å². The highest BCUT2D eigenvalue weighted by molar-refractivity contribution is 7.16. The van der Waals surface area contributed by atoms with Gasteiger partial charge in [-0.15, -0.1) is 10.2 Å². The lowest BCUT2D eigenvalue weighted by atomic mass is 10.0. The minimum Gasteiger partial charge on any atom is -0.325 e. The fourth-order valence-corrected chi connectivity index (χ4v) is 2.33. The van der Waals surface area contributed by atoms with Crippen LogP contribution in [0, 0.1) is 6.92 Å². The van der Waals surface area contributed by atoms with Crippen LogP contribution in [-0.2, 0) is 6.42 Å². The third kappa shape index (κ3) is 1.76. The molecule has 2 aromatic heterocycles. The van der Waals surface area contributed by atoms with Crippen molar-refractivity contribution in [3.8, 4) is 0 Å². The van der Waals surface area contributed by atoms with E-state index in [1.165, 1.54) is 0 Å². The Labute approximate surface area is 86.0 Å². The Morgan fingerprint density at radius 3 is 2.71 bits per heavy atom. The van der Waals surface area contributed by atoms with Crippen molar-refractivity contribution in [2.75, 3.05) is 0 Å². The first-order chi connectivity index (χ1) is 6.46. The van der Waals surface area contributed by atoms with E-state index < -0.39 is 0 Å². The molecular weight excluding hydrogens is 198 g/mol. The second-order valence-electron chi connectivity index (χ2n) is 4.10. The van der Waals surface area contributed by atoms with E-state index in [1.807, 2.05) is 20.8 Å². The summed E-state index contributed by atoms with van der Waals surface area (Å²) in [6.07, 6.45) is 0.764. The second kappa shape index (κ2) is 2.99. The van der Waals surface area contributed by atoms with Crippen LogP contribution in [0.15, 0.2) is 0 Å². The normalized spacial score (nSPS) is 12.6. The maximum Gasteiger partial charge on any atom is 0.234 e. The summed E-state index contributed by atoms with van der Waals surface area (Å²) in [7, 11) is 0. The molecule has 5 nitrogen and oxygen atoms in total. The monoisotopic (exact) mass is 211 g/mol. The van der Waals surface area contributed by atoms with E-state index >= 15 is 0 Å². The zero-order chi connectivity index (χ0) is 10.3. The summed E-state index contributed by atoms with van der Waals surface area (Å²) in [5, 5.41) is 13.3. The van der Waals surface area contributed by atoms with Crippen molar-refractivity contribution in [1.82, 2.24) is 19.8 Å². The Morgan fingerprint density at radius 1 is 1.43 bits per heavy atom. The van der Waals surface area contributed by atoms with Crippen molar-refractivity contribution < 1.29 is 0 Å². The molecule has 2 aromatic rings. The van der Waals surface area contributed by atoms with Crippen molar-refractivity contribution in [1.29, 1.82) is 0 Å². The van der Waals surface area contributed by atoms with Crippen LogP contribution in [-0.4, -0.2) is 25.4 Å². The lowest BCUT2D eigenvalue weighted by Gasteiger charge is -2.15. The van der Waals surface area contributed by atoms with Gasteiger partial charge in [0.05, 0.1) is 0 Å². The molecule has 14 heavy (non-hydrogen) atoms. The average molecular weight is 211 g/mol. The maximum atomic E-state index is 5.92. The molecular formula is C8H13N5S. The molecule has 0 aromatic carbocycles. The summed E-state index contributed by atoms with van der Waals surface area (Å²) in [5.74, 6) is 0.817. The summed E-state index contributed by atoms with van der Waals surface area (Å²) in [4.78, 5) is 0.835. The van der Waals surface area contributed by atoms with Crippen LogP contribution in [0.25, 0.3) is 4.96 Å². The molecule has 2 heterocycles. The highest BCUT2D eigenvalue weighted by atomic mass is 32.1. The van der Waals surface area contributed by atoms with E-state index in [-0.39, 0.29) is 5.54 Å². The Kier molecular flexibility index (Phi) is 2.04. The summed E-state index contributed by atoms with van der Waals surface area (Å²) < 4.78 is 1.76. The van der Waals surface area contributed by atoms with Crippen LogP contribution in [0.3, 0.4) is 0 Å². The van der Waals surface area contributed by atoms with Gasteiger partial charge in [0.1, 0.15) is 5.01 Å². The van der Waals surface area contributed by atoms with Gasteiger partial charge in [0, 0.05) is 12.0 Å². The number of hydrogen-bond acceptors (Lipinski definition) is 5. The quantitative estimate of drug-likeness (QED) is 0.796. The molecule has 0 amide bonds. The molecule has 0 unspecified atom stereocenters. The Hall–Kier alpha value is -1.01. The Morgan fingerprint density at radius 2 is 2.14 bits per heavy atom. The van der Waals surface area contributed by atoms with Crippen LogP contribution in [0.5, 0.6) is 0 Å². The topological polar surface area (TPSA) is 69.1 Å². The molecule has 6 heteroatoms. The van der Waals surface area contributed by atoms with Crippen molar-refractivity contribution in [3.63, 3.8) is 0 Å². The number of aryl methyl sites for hydroxylation is 1. The third-order valence-corrected chi connectivity index (χ3v) is 2.69. The van der Waals surface area contributed by atoms with Gasteiger partial charge in [-0.1, -0.05) is 11.3 Å². The van der Waals surface area contributed by atoms with Crippen LogP contribution >= 0.6 is 11.3 Å². The van der Waals surface area contributed by atoms with Gasteiger partial charge in [-0.25, -0.2) is 0 Å². The SMILES string of the molecule is Cc1nnc2sc(CC(C)(C)N)nn12. The van der Waals surface area contributed by atoms with E-state index in [0.29, 0.717) is 0 Å². The first kappa shape index (κ1) is 9.54. The third-order valence-electron chi connectivity index (χ3n) is 1.80. The highest BCUT2D eigenvalue weighted by Crippen LogP contribution is 2.17. The average Bonchev–Trinajstić information content (AvgIpc) is 2.51. The molecule has 2 N–H and O–H groups in total. The number of nitrogens with two attached hydrogens (primary N) is 1. The number of aromatic nitrogens is 4. The fourth-order valence-electron chi connectivity index (χ4n) is 1.22. The van der Waals surface area contributed by atoms with Gasteiger partial charge in [0.2, 0.25) is 4.96 Å². The molecule has 0 aliphatic heterocycles. The highest BCUT2D eigenvalue weighted by Gasteiger charge is 2.16. The van der Waals surface area contributed by atoms with Crippen LogP contribution in [0.1, 0.15) is 24.7 Å². The van der Waals surface area contributed by atoms with Gasteiger partial charge in [0.15, 0.2) is 5.82 Å².